The van der Waals surface area contributed by atoms with Crippen LogP contribution in [0, 0.1) is 0 Å². The molecule has 0 aliphatic heterocycles. The monoisotopic (exact) mass is 1000 g/mol. The average Bonchev–Trinajstić information content (AvgIpc) is 3.29. The van der Waals surface area contributed by atoms with E-state index in [0.29, 0.717) is 12.8 Å². The minimum atomic E-state index is -5.39. The van der Waals surface area contributed by atoms with Crippen molar-refractivity contribution < 1.29 is 82.0 Å². The molecule has 9 atom stereocenters. The van der Waals surface area contributed by atoms with E-state index in [9.17, 15) is 58.9 Å². The van der Waals surface area contributed by atoms with E-state index in [0.717, 1.165) is 77.0 Å². The SMILES string of the molecule is CC/C=C\C/C=C\C/C=C\C/C=C\C/C=C\C=C/C(O)CCC(=O)O[C@H](COC(=O)CCCCCCCCC/C=C\CCCCCC)COP(=O)(O)O[C@H]1C(O)C(O)C(O)[C@@H](OP(=O)(O)O)C1O. The van der Waals surface area contributed by atoms with E-state index in [1.165, 1.54) is 31.8 Å². The number of unbranched alkanes of at least 4 members (excludes halogenated alkanes) is 11. The van der Waals surface area contributed by atoms with Crippen LogP contribution in [-0.4, -0.2) is 114 Å². The second-order valence-corrected chi connectivity index (χ2v) is 19.2. The highest BCUT2D eigenvalue weighted by molar-refractivity contribution is 7.47. The van der Waals surface area contributed by atoms with Crippen LogP contribution >= 0.6 is 15.6 Å². The first-order valence-electron chi connectivity index (χ1n) is 24.2. The number of phosphoric acid groups is 2. The van der Waals surface area contributed by atoms with Crippen LogP contribution in [0.3, 0.4) is 0 Å². The highest BCUT2D eigenvalue weighted by Gasteiger charge is 2.54. The minimum Gasteiger partial charge on any atom is -0.462 e. The van der Waals surface area contributed by atoms with E-state index >= 15 is 0 Å². The van der Waals surface area contributed by atoms with Gasteiger partial charge in [-0.1, -0.05) is 150 Å². The number of hydrogen-bond acceptors (Lipinski definition) is 14. The number of carbonyl (C=O) groups excluding carboxylic acids is 2. The molecule has 8 N–H and O–H groups in total. The number of aliphatic hydroxyl groups excluding tert-OH is 5. The molecule has 1 fully saturated rings. The van der Waals surface area contributed by atoms with E-state index in [1.54, 1.807) is 12.2 Å². The third kappa shape index (κ3) is 32.9. The van der Waals surface area contributed by atoms with Crippen LogP contribution in [0.4, 0.5) is 0 Å². The Morgan fingerprint density at radius 1 is 0.559 bits per heavy atom. The fraction of sp³-hybridized carbons (Fsp3) is 0.673. The van der Waals surface area contributed by atoms with Crippen LogP contribution in [-0.2, 0) is 41.8 Å². The van der Waals surface area contributed by atoms with Gasteiger partial charge < -0.3 is 49.7 Å². The Morgan fingerprint density at radius 2 is 1.07 bits per heavy atom. The molecule has 0 spiro atoms. The lowest BCUT2D eigenvalue weighted by Gasteiger charge is -2.43. The lowest BCUT2D eigenvalue weighted by Crippen LogP contribution is -2.64. The normalized spacial score (nSPS) is 22.4. The molecular weight excluding hydrogens is 922 g/mol. The molecule has 0 aromatic rings. The first-order chi connectivity index (χ1) is 32.5. The second-order valence-electron chi connectivity index (χ2n) is 16.6. The Morgan fingerprint density at radius 3 is 1.63 bits per heavy atom. The maximum atomic E-state index is 13.0. The predicted molar refractivity (Wildman–Crippen MR) is 261 cm³/mol. The van der Waals surface area contributed by atoms with Crippen LogP contribution in [0.25, 0.3) is 0 Å². The Bertz CT molecular complexity index is 1650. The molecule has 1 aliphatic carbocycles. The summed E-state index contributed by atoms with van der Waals surface area (Å²) in [5.74, 6) is -1.50. The van der Waals surface area contributed by atoms with Gasteiger partial charge in [0, 0.05) is 12.8 Å². The zero-order valence-corrected chi connectivity index (χ0v) is 41.9. The summed E-state index contributed by atoms with van der Waals surface area (Å²) >= 11 is 0. The van der Waals surface area contributed by atoms with Crippen LogP contribution < -0.4 is 0 Å². The average molecular weight is 1010 g/mol. The van der Waals surface area contributed by atoms with Crippen LogP contribution in [0.5, 0.6) is 0 Å². The van der Waals surface area contributed by atoms with Gasteiger partial charge in [-0.05, 0) is 70.6 Å². The van der Waals surface area contributed by atoms with Crippen molar-refractivity contribution in [1.29, 1.82) is 0 Å². The molecule has 1 saturated carbocycles. The summed E-state index contributed by atoms with van der Waals surface area (Å²) < 4.78 is 49.2. The van der Waals surface area contributed by atoms with E-state index < -0.39 is 89.6 Å². The standard InChI is InChI=1S/C49H82O17P2/c1-3-5-7-9-11-13-15-17-19-21-22-24-26-28-30-32-34-40(50)36-37-43(52)64-41(38-62-42(51)35-33-31-29-27-25-23-20-18-16-14-12-10-8-6-4-2)39-63-68(60,61)66-49-46(55)44(53)45(54)48(47(49)56)65-67(57,58)59/h5,7,11,13-14,16-17,19,22,24,28,30,32,34,40-41,44-50,53-56H,3-4,6,8-10,12,15,18,20-21,23,25-27,29,31,33,35-39H2,1-2H3,(H,60,61)(H2,57,58,59)/b7-5-,13-11-,16-14-,19-17-,24-22-,30-28-,34-32-/t40?,41-,44?,45?,46?,47?,48-,49+/m1/s1. The van der Waals surface area contributed by atoms with Gasteiger partial charge in [0.25, 0.3) is 0 Å². The van der Waals surface area contributed by atoms with E-state index in [-0.39, 0.29) is 19.3 Å². The zero-order chi connectivity index (χ0) is 50.5. The summed E-state index contributed by atoms with van der Waals surface area (Å²) in [7, 11) is -10.8. The molecule has 390 valence electrons. The number of carbonyl (C=O) groups is 2. The van der Waals surface area contributed by atoms with Gasteiger partial charge in [0.05, 0.1) is 12.7 Å². The van der Waals surface area contributed by atoms with E-state index in [2.05, 4.69) is 73.1 Å². The molecule has 1 rings (SSSR count). The van der Waals surface area contributed by atoms with Crippen molar-refractivity contribution in [2.24, 2.45) is 0 Å². The molecule has 0 heterocycles. The maximum absolute atomic E-state index is 13.0. The quantitative estimate of drug-likeness (QED) is 0.00944. The van der Waals surface area contributed by atoms with Gasteiger partial charge in [0.15, 0.2) is 6.10 Å². The predicted octanol–water partition coefficient (Wildman–Crippen LogP) is 8.36. The lowest BCUT2D eigenvalue weighted by atomic mass is 9.85. The summed E-state index contributed by atoms with van der Waals surface area (Å²) in [5, 5.41) is 51.7. The van der Waals surface area contributed by atoms with Gasteiger partial charge in [-0.25, -0.2) is 9.13 Å². The summed E-state index contributed by atoms with van der Waals surface area (Å²) in [6.45, 7) is 2.77. The molecule has 1 aliphatic rings. The molecule has 68 heavy (non-hydrogen) atoms. The van der Waals surface area contributed by atoms with Crippen molar-refractivity contribution in [3.8, 4) is 0 Å². The molecule has 19 heteroatoms. The molecule has 0 aromatic heterocycles. The Kier molecular flexibility index (Phi) is 36.1. The third-order valence-corrected chi connectivity index (χ3v) is 12.1. The van der Waals surface area contributed by atoms with Crippen molar-refractivity contribution in [1.82, 2.24) is 0 Å². The smallest absolute Gasteiger partial charge is 0.462 e. The number of allylic oxidation sites excluding steroid dienone is 13. The van der Waals surface area contributed by atoms with Gasteiger partial charge in [0.2, 0.25) is 0 Å². The van der Waals surface area contributed by atoms with Gasteiger partial charge in [-0.2, -0.15) is 0 Å². The molecule has 0 bridgehead atoms. The van der Waals surface area contributed by atoms with E-state index in [1.807, 2.05) is 12.2 Å². The molecule has 0 radical (unpaired) electrons. The molecular formula is C49H82O17P2. The molecule has 0 saturated heterocycles. The number of ether oxygens (including phenoxy) is 2. The summed E-state index contributed by atoms with van der Waals surface area (Å²) in [4.78, 5) is 54.3. The summed E-state index contributed by atoms with van der Waals surface area (Å²) in [6.07, 6.45) is 29.9. The topological polar surface area (TPSA) is 276 Å². The van der Waals surface area contributed by atoms with Crippen molar-refractivity contribution in [2.75, 3.05) is 13.2 Å². The Balaban J connectivity index is 2.70. The summed E-state index contributed by atoms with van der Waals surface area (Å²) in [6, 6.07) is 0. The van der Waals surface area contributed by atoms with Crippen molar-refractivity contribution in [2.45, 2.75) is 198 Å². The number of aliphatic hydroxyl groups is 5. The van der Waals surface area contributed by atoms with Crippen LogP contribution in [0.15, 0.2) is 85.1 Å². The number of phosphoric ester groups is 2. The van der Waals surface area contributed by atoms with Crippen molar-refractivity contribution in [3.05, 3.63) is 85.1 Å². The van der Waals surface area contributed by atoms with Gasteiger partial charge in [0.1, 0.15) is 43.2 Å². The number of esters is 2. The number of rotatable bonds is 39. The highest BCUT2D eigenvalue weighted by atomic mass is 31.2. The van der Waals surface area contributed by atoms with Gasteiger partial charge in [-0.3, -0.25) is 23.2 Å². The molecule has 0 aromatic carbocycles. The minimum absolute atomic E-state index is 0.0608. The van der Waals surface area contributed by atoms with Crippen molar-refractivity contribution in [3.63, 3.8) is 0 Å². The van der Waals surface area contributed by atoms with Crippen LogP contribution in [0.1, 0.15) is 149 Å². The van der Waals surface area contributed by atoms with Crippen molar-refractivity contribution >= 4 is 27.6 Å². The highest BCUT2D eigenvalue weighted by Crippen LogP contribution is 2.49. The maximum Gasteiger partial charge on any atom is 0.472 e. The Hall–Kier alpha value is -2.86. The van der Waals surface area contributed by atoms with E-state index in [4.69, 9.17) is 18.5 Å². The number of hydrogen-bond donors (Lipinski definition) is 8. The first kappa shape index (κ1) is 63.2. The van der Waals surface area contributed by atoms with Gasteiger partial charge in [-0.15, -0.1) is 0 Å². The lowest BCUT2D eigenvalue weighted by molar-refractivity contribution is -0.216. The fourth-order valence-corrected chi connectivity index (χ4v) is 8.32. The third-order valence-electron chi connectivity index (χ3n) is 10.6. The fourth-order valence-electron chi connectivity index (χ4n) is 6.78. The first-order valence-corrected chi connectivity index (χ1v) is 27.3. The molecule has 0 amide bonds. The molecule has 6 unspecified atom stereocenters. The summed E-state index contributed by atoms with van der Waals surface area (Å²) in [5.41, 5.74) is 0. The molecule has 17 nitrogen and oxygen atoms in total. The van der Waals surface area contributed by atoms with Gasteiger partial charge >= 0.3 is 27.6 Å². The zero-order valence-electron chi connectivity index (χ0n) is 40.1. The largest absolute Gasteiger partial charge is 0.472 e. The van der Waals surface area contributed by atoms with Crippen LogP contribution in [0.2, 0.25) is 0 Å². The second kappa shape index (κ2) is 38.8. The Labute approximate surface area is 404 Å².